The highest BCUT2D eigenvalue weighted by Crippen LogP contribution is 2.26. The van der Waals surface area contributed by atoms with Crippen LogP contribution in [0.4, 0.5) is 0 Å². The van der Waals surface area contributed by atoms with Crippen LogP contribution in [0.15, 0.2) is 60.7 Å². The Bertz CT molecular complexity index is 1260. The summed E-state index contributed by atoms with van der Waals surface area (Å²) in [5.74, 6) is -2.16. The molecule has 11 nitrogen and oxygen atoms in total. The molecule has 0 aromatic heterocycles. The molecular formula is C29H32N4O7. The molecule has 1 unspecified atom stereocenters. The van der Waals surface area contributed by atoms with Crippen molar-refractivity contribution in [3.63, 3.8) is 0 Å². The minimum atomic E-state index is -0.984. The van der Waals surface area contributed by atoms with Gasteiger partial charge in [0.1, 0.15) is 18.1 Å². The van der Waals surface area contributed by atoms with Gasteiger partial charge in [-0.15, -0.1) is 0 Å². The minimum Gasteiger partial charge on any atom is -0.433 e. The van der Waals surface area contributed by atoms with E-state index in [2.05, 4.69) is 10.6 Å². The summed E-state index contributed by atoms with van der Waals surface area (Å²) in [6, 6.07) is 15.8. The quantitative estimate of drug-likeness (QED) is 0.474. The van der Waals surface area contributed by atoms with Crippen molar-refractivity contribution >= 4 is 29.6 Å². The zero-order valence-electron chi connectivity index (χ0n) is 22.0. The van der Waals surface area contributed by atoms with Gasteiger partial charge in [-0.1, -0.05) is 60.7 Å². The number of ether oxygens (including phenoxy) is 2. The van der Waals surface area contributed by atoms with E-state index in [-0.39, 0.29) is 44.1 Å². The summed E-state index contributed by atoms with van der Waals surface area (Å²) in [6.07, 6.45) is 0.0739. The zero-order valence-corrected chi connectivity index (χ0v) is 22.0. The summed E-state index contributed by atoms with van der Waals surface area (Å²) in [7, 11) is 0. The van der Waals surface area contributed by atoms with Crippen molar-refractivity contribution in [3.05, 3.63) is 71.8 Å². The SMILES string of the molecule is O=C(Cc1ccccc1)N[C@H]1CCC(=O)N2CCC[C@@H](C(=O)N[C@H]3CC(=O)OC3OCc3ccccc3)N2C1=O. The highest BCUT2D eigenvalue weighted by molar-refractivity contribution is 5.95. The number of hydrogen-bond donors (Lipinski definition) is 2. The van der Waals surface area contributed by atoms with E-state index in [9.17, 15) is 24.0 Å². The molecule has 4 atom stereocenters. The molecule has 40 heavy (non-hydrogen) atoms. The maximum Gasteiger partial charge on any atom is 0.310 e. The lowest BCUT2D eigenvalue weighted by Gasteiger charge is -2.43. The van der Waals surface area contributed by atoms with Gasteiger partial charge in [0.05, 0.1) is 19.4 Å². The lowest BCUT2D eigenvalue weighted by atomic mass is 10.0. The Morgan fingerprint density at radius 2 is 1.62 bits per heavy atom. The smallest absolute Gasteiger partial charge is 0.310 e. The summed E-state index contributed by atoms with van der Waals surface area (Å²) in [4.78, 5) is 64.9. The molecule has 0 spiro atoms. The fraction of sp³-hybridized carbons (Fsp3) is 0.414. The Hall–Kier alpha value is -4.25. The van der Waals surface area contributed by atoms with E-state index in [1.54, 1.807) is 0 Å². The van der Waals surface area contributed by atoms with Crippen molar-refractivity contribution in [2.75, 3.05) is 6.54 Å². The molecule has 3 aliphatic heterocycles. The van der Waals surface area contributed by atoms with Gasteiger partial charge in [0.25, 0.3) is 5.91 Å². The first kappa shape index (κ1) is 27.3. The number of benzene rings is 2. The van der Waals surface area contributed by atoms with Gasteiger partial charge in [-0.3, -0.25) is 29.0 Å². The molecule has 4 amide bonds. The molecular weight excluding hydrogens is 516 g/mol. The molecule has 2 aromatic carbocycles. The van der Waals surface area contributed by atoms with E-state index in [1.807, 2.05) is 60.7 Å². The number of fused-ring (bicyclic) bond motifs is 1. The fourth-order valence-electron chi connectivity index (χ4n) is 5.27. The van der Waals surface area contributed by atoms with Crippen LogP contribution in [-0.4, -0.2) is 70.6 Å². The van der Waals surface area contributed by atoms with Gasteiger partial charge >= 0.3 is 5.97 Å². The molecule has 2 aromatic rings. The topological polar surface area (TPSA) is 134 Å². The Balaban J connectivity index is 1.26. The number of carbonyl (C=O) groups is 5. The van der Waals surface area contributed by atoms with Crippen molar-refractivity contribution in [1.82, 2.24) is 20.7 Å². The molecule has 0 aliphatic carbocycles. The molecule has 2 N–H and O–H groups in total. The second-order valence-electron chi connectivity index (χ2n) is 10.2. The summed E-state index contributed by atoms with van der Waals surface area (Å²) < 4.78 is 11.1. The second kappa shape index (κ2) is 12.3. The van der Waals surface area contributed by atoms with Crippen LogP contribution < -0.4 is 10.6 Å². The number of nitrogens with zero attached hydrogens (tertiary/aromatic N) is 2. The summed E-state index contributed by atoms with van der Waals surface area (Å²) in [5, 5.41) is 8.09. The molecule has 5 rings (SSSR count). The van der Waals surface area contributed by atoms with Crippen LogP contribution in [-0.2, 0) is 46.5 Å². The first-order chi connectivity index (χ1) is 19.4. The van der Waals surface area contributed by atoms with E-state index in [0.717, 1.165) is 11.1 Å². The van der Waals surface area contributed by atoms with Crippen LogP contribution in [0.1, 0.15) is 43.2 Å². The lowest BCUT2D eigenvalue weighted by molar-refractivity contribution is -0.178. The summed E-state index contributed by atoms with van der Waals surface area (Å²) in [5.41, 5.74) is 1.68. The molecule has 11 heteroatoms. The summed E-state index contributed by atoms with van der Waals surface area (Å²) in [6.45, 7) is 0.485. The fourth-order valence-corrected chi connectivity index (χ4v) is 5.27. The van der Waals surface area contributed by atoms with Crippen LogP contribution in [0.5, 0.6) is 0 Å². The van der Waals surface area contributed by atoms with E-state index in [1.165, 1.54) is 10.0 Å². The van der Waals surface area contributed by atoms with Gasteiger partial charge in [-0.2, -0.15) is 0 Å². The average molecular weight is 549 g/mol. The van der Waals surface area contributed by atoms with Gasteiger partial charge in [-0.25, -0.2) is 5.01 Å². The number of amides is 4. The van der Waals surface area contributed by atoms with Crippen LogP contribution >= 0.6 is 0 Å². The largest absolute Gasteiger partial charge is 0.433 e. The molecule has 0 bridgehead atoms. The van der Waals surface area contributed by atoms with Crippen molar-refractivity contribution < 1.29 is 33.4 Å². The standard InChI is InChI=1S/C29H32N4O7/c34-24(16-19-8-3-1-4-9-19)30-21-13-14-25(35)32-15-7-12-23(33(32)28(21)38)27(37)31-22-17-26(36)40-29(22)39-18-20-10-5-2-6-11-20/h1-6,8-11,21-23,29H,7,12-18H2,(H,30,34)(H,31,37)/t21-,22-,23-,29?/m0/s1. The van der Waals surface area contributed by atoms with Crippen LogP contribution in [0.2, 0.25) is 0 Å². The van der Waals surface area contributed by atoms with E-state index >= 15 is 0 Å². The maximum absolute atomic E-state index is 13.7. The predicted octanol–water partition coefficient (Wildman–Crippen LogP) is 1.22. The molecule has 3 heterocycles. The van der Waals surface area contributed by atoms with E-state index in [4.69, 9.17) is 9.47 Å². The Kier molecular flexibility index (Phi) is 8.40. The predicted molar refractivity (Wildman–Crippen MR) is 141 cm³/mol. The van der Waals surface area contributed by atoms with Crippen molar-refractivity contribution in [2.24, 2.45) is 0 Å². The molecule has 0 radical (unpaired) electrons. The number of nitrogens with one attached hydrogen (secondary N) is 2. The van der Waals surface area contributed by atoms with Gasteiger partial charge < -0.3 is 20.1 Å². The van der Waals surface area contributed by atoms with Gasteiger partial charge in [0, 0.05) is 13.0 Å². The number of cyclic esters (lactones) is 1. The normalized spacial score (nSPS) is 24.6. The molecule has 210 valence electrons. The number of rotatable bonds is 8. The number of hydrazine groups is 1. The van der Waals surface area contributed by atoms with Gasteiger partial charge in [-0.05, 0) is 30.4 Å². The Morgan fingerprint density at radius 3 is 2.35 bits per heavy atom. The van der Waals surface area contributed by atoms with E-state index in [0.29, 0.717) is 19.4 Å². The second-order valence-corrected chi connectivity index (χ2v) is 10.2. The summed E-state index contributed by atoms with van der Waals surface area (Å²) >= 11 is 0. The average Bonchev–Trinajstić information content (AvgIpc) is 3.26. The van der Waals surface area contributed by atoms with Crippen molar-refractivity contribution in [1.29, 1.82) is 0 Å². The molecule has 0 saturated carbocycles. The third kappa shape index (κ3) is 6.31. The first-order valence-corrected chi connectivity index (χ1v) is 13.5. The van der Waals surface area contributed by atoms with Crippen molar-refractivity contribution in [2.45, 2.75) is 69.5 Å². The Labute approximate surface area is 231 Å². The van der Waals surface area contributed by atoms with Crippen LogP contribution in [0.25, 0.3) is 0 Å². The monoisotopic (exact) mass is 548 g/mol. The molecule has 3 fully saturated rings. The third-order valence-corrected chi connectivity index (χ3v) is 7.25. The molecule has 3 saturated heterocycles. The van der Waals surface area contributed by atoms with Gasteiger partial charge in [0.2, 0.25) is 24.0 Å². The lowest BCUT2D eigenvalue weighted by Crippen LogP contribution is -2.64. The first-order valence-electron chi connectivity index (χ1n) is 13.5. The third-order valence-electron chi connectivity index (χ3n) is 7.25. The highest BCUT2D eigenvalue weighted by Gasteiger charge is 2.46. The number of carbonyl (C=O) groups excluding carboxylic acids is 5. The van der Waals surface area contributed by atoms with Crippen molar-refractivity contribution in [3.8, 4) is 0 Å². The number of hydrogen-bond acceptors (Lipinski definition) is 7. The molecule has 3 aliphatic rings. The highest BCUT2D eigenvalue weighted by atomic mass is 16.7. The Morgan fingerprint density at radius 1 is 0.925 bits per heavy atom. The van der Waals surface area contributed by atoms with Crippen LogP contribution in [0.3, 0.4) is 0 Å². The maximum atomic E-state index is 13.7. The minimum absolute atomic E-state index is 0.0627. The zero-order chi connectivity index (χ0) is 28.1. The van der Waals surface area contributed by atoms with E-state index < -0.39 is 42.2 Å². The number of esters is 1. The van der Waals surface area contributed by atoms with Crippen LogP contribution in [0, 0.1) is 0 Å². The van der Waals surface area contributed by atoms with Gasteiger partial charge in [0.15, 0.2) is 0 Å².